The van der Waals surface area contributed by atoms with Crippen LogP contribution in [0.15, 0.2) is 30.3 Å². The number of nitrogens with zero attached hydrogens (tertiary/aromatic N) is 2. The Labute approximate surface area is 142 Å². The largest absolute Gasteiger partial charge is 0.492 e. The highest BCUT2D eigenvalue weighted by Crippen LogP contribution is 2.42. The fraction of sp³-hybridized carbons (Fsp3) is 0.412. The molecule has 3 rings (SSSR count). The second-order valence-corrected chi connectivity index (χ2v) is 5.86. The van der Waals surface area contributed by atoms with Crippen molar-refractivity contribution < 1.29 is 22.7 Å². The molecule has 1 heterocycles. The zero-order valence-corrected chi connectivity index (χ0v) is 13.6. The second kappa shape index (κ2) is 6.78. The lowest BCUT2D eigenvalue weighted by molar-refractivity contribution is -0.141. The standard InChI is InChI=1S/C17H18F3N3O2/c1-2-25-14-6-4-3-5-12(14)21-16(24)10-23-13(11-7-8-11)9-15(22-23)17(18,19)20/h3-6,9,11H,2,7-8,10H2,1H3,(H,21,24). The number of nitrogens with one attached hydrogen (secondary N) is 1. The first-order valence-electron chi connectivity index (χ1n) is 8.05. The number of carbonyl (C=O) groups excluding carboxylic acids is 1. The zero-order valence-electron chi connectivity index (χ0n) is 13.6. The molecular weight excluding hydrogens is 335 g/mol. The van der Waals surface area contributed by atoms with Gasteiger partial charge in [0.1, 0.15) is 12.3 Å². The van der Waals surface area contributed by atoms with Gasteiger partial charge in [-0.05, 0) is 38.0 Å². The second-order valence-electron chi connectivity index (χ2n) is 5.86. The number of alkyl halides is 3. The van der Waals surface area contributed by atoms with Crippen molar-refractivity contribution in [2.75, 3.05) is 11.9 Å². The quantitative estimate of drug-likeness (QED) is 0.859. The number of amides is 1. The summed E-state index contributed by atoms with van der Waals surface area (Å²) < 4.78 is 45.3. The van der Waals surface area contributed by atoms with Crippen molar-refractivity contribution in [1.82, 2.24) is 9.78 Å². The summed E-state index contributed by atoms with van der Waals surface area (Å²) in [4.78, 5) is 12.3. The zero-order chi connectivity index (χ0) is 18.0. The Morgan fingerprint density at radius 1 is 1.36 bits per heavy atom. The minimum atomic E-state index is -4.52. The molecule has 1 aromatic heterocycles. The molecule has 134 valence electrons. The summed E-state index contributed by atoms with van der Waals surface area (Å²) in [6.45, 7) is 1.98. The molecule has 0 radical (unpaired) electrons. The van der Waals surface area contributed by atoms with E-state index in [2.05, 4.69) is 10.4 Å². The van der Waals surface area contributed by atoms with Gasteiger partial charge >= 0.3 is 6.18 Å². The predicted molar refractivity (Wildman–Crippen MR) is 85.4 cm³/mol. The maximum Gasteiger partial charge on any atom is 0.435 e. The fourth-order valence-corrected chi connectivity index (χ4v) is 2.58. The highest BCUT2D eigenvalue weighted by molar-refractivity contribution is 5.92. The van der Waals surface area contributed by atoms with E-state index in [0.29, 0.717) is 23.7 Å². The van der Waals surface area contributed by atoms with Gasteiger partial charge in [-0.25, -0.2) is 0 Å². The number of ether oxygens (including phenoxy) is 1. The lowest BCUT2D eigenvalue weighted by atomic mass is 10.2. The van der Waals surface area contributed by atoms with E-state index >= 15 is 0 Å². The smallest absolute Gasteiger partial charge is 0.435 e. The molecule has 5 nitrogen and oxygen atoms in total. The molecule has 2 aromatic rings. The van der Waals surface area contributed by atoms with Crippen LogP contribution in [0.25, 0.3) is 0 Å². The van der Waals surface area contributed by atoms with Gasteiger partial charge in [0, 0.05) is 11.6 Å². The number of aromatic nitrogens is 2. The summed E-state index contributed by atoms with van der Waals surface area (Å²) in [6.07, 6.45) is -2.89. The Kier molecular flexibility index (Phi) is 4.69. The minimum Gasteiger partial charge on any atom is -0.492 e. The summed E-state index contributed by atoms with van der Waals surface area (Å²) in [5.74, 6) is 0.107. The van der Waals surface area contributed by atoms with E-state index in [0.717, 1.165) is 23.6 Å². The molecule has 25 heavy (non-hydrogen) atoms. The monoisotopic (exact) mass is 353 g/mol. The van der Waals surface area contributed by atoms with Crippen molar-refractivity contribution in [3.63, 3.8) is 0 Å². The van der Waals surface area contributed by atoms with Crippen LogP contribution in [0.2, 0.25) is 0 Å². The van der Waals surface area contributed by atoms with E-state index < -0.39 is 17.8 Å². The van der Waals surface area contributed by atoms with Crippen LogP contribution < -0.4 is 10.1 Å². The van der Waals surface area contributed by atoms with E-state index in [9.17, 15) is 18.0 Å². The van der Waals surface area contributed by atoms with Gasteiger partial charge < -0.3 is 10.1 Å². The number of carbonyl (C=O) groups is 1. The third-order valence-corrected chi connectivity index (χ3v) is 3.85. The Hall–Kier alpha value is -2.51. The first-order valence-corrected chi connectivity index (χ1v) is 8.05. The van der Waals surface area contributed by atoms with Crippen molar-refractivity contribution >= 4 is 11.6 Å². The molecule has 0 saturated heterocycles. The van der Waals surface area contributed by atoms with E-state index in [4.69, 9.17) is 4.74 Å². The van der Waals surface area contributed by atoms with Gasteiger partial charge in [-0.1, -0.05) is 12.1 Å². The maximum atomic E-state index is 12.9. The van der Waals surface area contributed by atoms with Gasteiger partial charge in [0.15, 0.2) is 5.69 Å². The van der Waals surface area contributed by atoms with E-state index in [-0.39, 0.29) is 12.5 Å². The van der Waals surface area contributed by atoms with Crippen LogP contribution in [0.5, 0.6) is 5.75 Å². The summed E-state index contributed by atoms with van der Waals surface area (Å²) in [6, 6.07) is 7.94. The average molecular weight is 353 g/mol. The SMILES string of the molecule is CCOc1ccccc1NC(=O)Cn1nc(C(F)(F)F)cc1C1CC1. The Morgan fingerprint density at radius 3 is 2.72 bits per heavy atom. The van der Waals surface area contributed by atoms with E-state index in [1.165, 1.54) is 0 Å². The van der Waals surface area contributed by atoms with Crippen molar-refractivity contribution in [3.8, 4) is 5.75 Å². The van der Waals surface area contributed by atoms with Crippen molar-refractivity contribution in [2.24, 2.45) is 0 Å². The molecule has 0 bridgehead atoms. The molecule has 8 heteroatoms. The number of benzene rings is 1. The lowest BCUT2D eigenvalue weighted by Gasteiger charge is -2.12. The van der Waals surface area contributed by atoms with Gasteiger partial charge in [0.2, 0.25) is 5.91 Å². The van der Waals surface area contributed by atoms with Crippen LogP contribution in [-0.2, 0) is 17.5 Å². The van der Waals surface area contributed by atoms with Crippen LogP contribution in [0.3, 0.4) is 0 Å². The van der Waals surface area contributed by atoms with Crippen LogP contribution in [0.1, 0.15) is 37.1 Å². The van der Waals surface area contributed by atoms with Crippen LogP contribution in [0, 0.1) is 0 Å². The molecule has 1 saturated carbocycles. The molecule has 1 aromatic carbocycles. The highest BCUT2D eigenvalue weighted by Gasteiger charge is 2.38. The number of rotatable bonds is 6. The van der Waals surface area contributed by atoms with Gasteiger partial charge in [0.05, 0.1) is 12.3 Å². The van der Waals surface area contributed by atoms with Crippen molar-refractivity contribution in [3.05, 3.63) is 41.7 Å². The molecule has 1 aliphatic rings. The van der Waals surface area contributed by atoms with Gasteiger partial charge in [-0.3, -0.25) is 9.48 Å². The Morgan fingerprint density at radius 2 is 2.08 bits per heavy atom. The van der Waals surface area contributed by atoms with Crippen LogP contribution in [0.4, 0.5) is 18.9 Å². The average Bonchev–Trinajstić information content (AvgIpc) is 3.29. The molecule has 0 spiro atoms. The lowest BCUT2D eigenvalue weighted by Crippen LogP contribution is -2.21. The van der Waals surface area contributed by atoms with Gasteiger partial charge in [0.25, 0.3) is 0 Å². The van der Waals surface area contributed by atoms with Crippen molar-refractivity contribution in [1.29, 1.82) is 0 Å². The molecule has 0 atom stereocenters. The van der Waals surface area contributed by atoms with Crippen LogP contribution in [-0.4, -0.2) is 22.3 Å². The highest BCUT2D eigenvalue weighted by atomic mass is 19.4. The third kappa shape index (κ3) is 4.12. The van der Waals surface area contributed by atoms with Gasteiger partial charge in [-0.2, -0.15) is 18.3 Å². The third-order valence-electron chi connectivity index (χ3n) is 3.85. The first-order chi connectivity index (χ1) is 11.9. The number of halogens is 3. The van der Waals surface area contributed by atoms with Gasteiger partial charge in [-0.15, -0.1) is 0 Å². The predicted octanol–water partition coefficient (Wildman–Crippen LogP) is 3.82. The van der Waals surface area contributed by atoms with E-state index in [1.54, 1.807) is 24.3 Å². The molecule has 1 amide bonds. The summed E-state index contributed by atoms with van der Waals surface area (Å²) in [7, 11) is 0. The van der Waals surface area contributed by atoms with E-state index in [1.807, 2.05) is 6.92 Å². The van der Waals surface area contributed by atoms with Crippen molar-refractivity contribution in [2.45, 2.75) is 38.4 Å². The Bertz CT molecular complexity index is 767. The molecule has 1 fully saturated rings. The number of hydrogen-bond acceptors (Lipinski definition) is 3. The first kappa shape index (κ1) is 17.3. The Balaban J connectivity index is 1.76. The maximum absolute atomic E-state index is 12.9. The normalized spacial score (nSPS) is 14.4. The summed E-state index contributed by atoms with van der Waals surface area (Å²) in [5, 5.41) is 6.26. The fourth-order valence-electron chi connectivity index (χ4n) is 2.58. The number of anilines is 1. The summed E-state index contributed by atoms with van der Waals surface area (Å²) in [5.41, 5.74) is -0.0250. The van der Waals surface area contributed by atoms with Crippen LogP contribution >= 0.6 is 0 Å². The molecule has 1 aliphatic carbocycles. The number of para-hydroxylation sites is 2. The molecule has 0 unspecified atom stereocenters. The molecule has 0 aliphatic heterocycles. The molecular formula is C17H18F3N3O2. The topological polar surface area (TPSA) is 56.1 Å². The molecule has 1 N–H and O–H groups in total. The number of hydrogen-bond donors (Lipinski definition) is 1. The summed E-state index contributed by atoms with van der Waals surface area (Å²) >= 11 is 0. The minimum absolute atomic E-state index is 0.0483.